The summed E-state index contributed by atoms with van der Waals surface area (Å²) in [6.45, 7) is 13.1. The molecule has 13 heteroatoms. The molecule has 0 N–H and O–H groups in total. The van der Waals surface area contributed by atoms with E-state index in [4.69, 9.17) is 63.3 Å². The van der Waals surface area contributed by atoms with Crippen molar-refractivity contribution in [1.82, 2.24) is 0 Å². The predicted octanol–water partition coefficient (Wildman–Crippen LogP) is 2.71. The van der Waals surface area contributed by atoms with E-state index in [0.29, 0.717) is 152 Å². The summed E-state index contributed by atoms with van der Waals surface area (Å²) in [6, 6.07) is 0. The monoisotopic (exact) mass is 666 g/mol. The normalized spacial score (nSPS) is 11.2. The van der Waals surface area contributed by atoms with Crippen molar-refractivity contribution in [3.63, 3.8) is 0 Å². The minimum absolute atomic E-state index is 0.148. The van der Waals surface area contributed by atoms with Crippen LogP contribution in [0.15, 0.2) is 0 Å². The van der Waals surface area contributed by atoms with Gasteiger partial charge in [0.15, 0.2) is 0 Å². The van der Waals surface area contributed by atoms with Gasteiger partial charge in [0.1, 0.15) is 13.2 Å². The van der Waals surface area contributed by atoms with Crippen LogP contribution in [0.1, 0.15) is 45.4 Å². The zero-order valence-corrected chi connectivity index (χ0v) is 28.4. The molecule has 0 rings (SSSR count). The van der Waals surface area contributed by atoms with Crippen LogP contribution < -0.4 is 0 Å². The lowest BCUT2D eigenvalue weighted by molar-refractivity contribution is -0.145. The maximum absolute atomic E-state index is 11.6. The van der Waals surface area contributed by atoms with E-state index in [-0.39, 0.29) is 12.6 Å². The van der Waals surface area contributed by atoms with Gasteiger partial charge in [-0.2, -0.15) is 0 Å². The fraction of sp³-hybridized carbons (Fsp3) is 0.909. The van der Waals surface area contributed by atoms with Gasteiger partial charge in [-0.1, -0.05) is 38.5 Å². The minimum Gasteiger partial charge on any atom is -0.463 e. The molecule has 0 aromatic heterocycles. The van der Waals surface area contributed by atoms with Gasteiger partial charge in [-0.25, -0.2) is 0 Å². The number of unbranched alkanes of at least 4 members (excludes halogenated alkanes) is 4. The smallest absolute Gasteiger partial charge is 0.305 e. The topological polar surface area (TPSA) is 128 Å². The molecule has 0 amide bonds. The summed E-state index contributed by atoms with van der Waals surface area (Å²) in [7, 11) is 0. The van der Waals surface area contributed by atoms with Crippen LogP contribution >= 0.6 is 0 Å². The second kappa shape index (κ2) is 41.6. The van der Waals surface area contributed by atoms with Crippen molar-refractivity contribution >= 4 is 5.97 Å². The fourth-order valence-corrected chi connectivity index (χ4v) is 3.49. The quantitative estimate of drug-likeness (QED) is 0.0541. The van der Waals surface area contributed by atoms with Crippen LogP contribution in [0.25, 0.3) is 0 Å². The third kappa shape index (κ3) is 40.6. The van der Waals surface area contributed by atoms with Crippen LogP contribution in [-0.2, 0) is 61.6 Å². The summed E-state index contributed by atoms with van der Waals surface area (Å²) in [5.74, 6) is 2.25. The first-order chi connectivity index (χ1) is 22.8. The molecule has 0 aliphatic heterocycles. The number of hydrogen-bond acceptors (Lipinski definition) is 13. The van der Waals surface area contributed by atoms with Crippen LogP contribution in [0.3, 0.4) is 0 Å². The first-order valence-electron chi connectivity index (χ1n) is 16.8. The van der Waals surface area contributed by atoms with E-state index in [2.05, 4.69) is 12.8 Å². The van der Waals surface area contributed by atoms with E-state index in [1.165, 1.54) is 19.3 Å². The highest BCUT2D eigenvalue weighted by molar-refractivity contribution is 5.69. The standard InChI is InChI=1S/C33H62O13/c1-3-5-6-7-8-9-33(34)46-32-31-45-30-29-44-28-27-43-26-25-42-24-23-41-22-21-40-20-19-39-18-17-38-16-15-37-14-13-36-12-11-35-10-4-2/h2H,3,5-32H2,1H3. The van der Waals surface area contributed by atoms with Crippen molar-refractivity contribution < 1.29 is 61.6 Å². The molecule has 0 aromatic rings. The maximum Gasteiger partial charge on any atom is 0.305 e. The van der Waals surface area contributed by atoms with Crippen LogP contribution in [0.5, 0.6) is 0 Å². The van der Waals surface area contributed by atoms with Gasteiger partial charge in [-0.05, 0) is 6.42 Å². The molecule has 272 valence electrons. The molecule has 0 aromatic carbocycles. The zero-order chi connectivity index (χ0) is 33.3. The molecule has 0 heterocycles. The van der Waals surface area contributed by atoms with E-state index < -0.39 is 0 Å². The molecule has 0 atom stereocenters. The molecule has 0 radical (unpaired) electrons. The lowest BCUT2D eigenvalue weighted by Gasteiger charge is -2.09. The molecule has 0 bridgehead atoms. The molecule has 0 fully saturated rings. The number of terminal acetylenes is 1. The van der Waals surface area contributed by atoms with Gasteiger partial charge in [0.2, 0.25) is 0 Å². The Bertz CT molecular complexity index is 633. The maximum atomic E-state index is 11.6. The molecule has 0 saturated carbocycles. The average molecular weight is 667 g/mol. The summed E-state index contributed by atoms with van der Waals surface area (Å²) in [6.07, 6.45) is 11.1. The van der Waals surface area contributed by atoms with Gasteiger partial charge in [-0.3, -0.25) is 4.79 Å². The van der Waals surface area contributed by atoms with E-state index in [1.807, 2.05) is 0 Å². The highest BCUT2D eigenvalue weighted by Crippen LogP contribution is 2.05. The van der Waals surface area contributed by atoms with Crippen LogP contribution in [0.2, 0.25) is 0 Å². The van der Waals surface area contributed by atoms with Crippen molar-refractivity contribution in [1.29, 1.82) is 0 Å². The SMILES string of the molecule is C#CCOCCOCCOCCOCCOCCOCCOCCOCCOCCOCCOCCOC(=O)CCCCCCC. The highest BCUT2D eigenvalue weighted by Gasteiger charge is 2.02. The Kier molecular flexibility index (Phi) is 40.3. The first kappa shape index (κ1) is 44.6. The zero-order valence-electron chi connectivity index (χ0n) is 28.4. The Labute approximate surface area is 277 Å². The van der Waals surface area contributed by atoms with Crippen LogP contribution in [0.4, 0.5) is 0 Å². The molecule has 0 aliphatic rings. The molecule has 0 saturated heterocycles. The molecule has 0 aliphatic carbocycles. The fourth-order valence-electron chi connectivity index (χ4n) is 3.49. The predicted molar refractivity (Wildman–Crippen MR) is 172 cm³/mol. The van der Waals surface area contributed by atoms with E-state index in [1.54, 1.807) is 0 Å². The summed E-state index contributed by atoms with van der Waals surface area (Å²) in [5.41, 5.74) is 0. The molecule has 0 spiro atoms. The molecule has 0 unspecified atom stereocenters. The van der Waals surface area contributed by atoms with Gasteiger partial charge in [0.05, 0.1) is 139 Å². The Balaban J connectivity index is 3.08. The highest BCUT2D eigenvalue weighted by atomic mass is 16.6. The third-order valence-corrected chi connectivity index (χ3v) is 5.88. The largest absolute Gasteiger partial charge is 0.463 e. The van der Waals surface area contributed by atoms with Gasteiger partial charge >= 0.3 is 5.97 Å². The Hall–Kier alpha value is -1.41. The first-order valence-corrected chi connectivity index (χ1v) is 16.8. The average Bonchev–Trinajstić information content (AvgIpc) is 3.06. The van der Waals surface area contributed by atoms with Gasteiger partial charge < -0.3 is 56.8 Å². The molecule has 13 nitrogen and oxygen atoms in total. The van der Waals surface area contributed by atoms with Crippen LogP contribution in [0, 0.1) is 12.3 Å². The Morgan fingerprint density at radius 1 is 0.413 bits per heavy atom. The van der Waals surface area contributed by atoms with Crippen molar-refractivity contribution in [2.75, 3.05) is 152 Å². The minimum atomic E-state index is -0.148. The second-order valence-corrected chi connectivity index (χ2v) is 9.77. The number of rotatable bonds is 40. The summed E-state index contributed by atoms with van der Waals surface area (Å²) in [4.78, 5) is 11.6. The lowest BCUT2D eigenvalue weighted by atomic mass is 10.1. The van der Waals surface area contributed by atoms with Crippen molar-refractivity contribution in [2.45, 2.75) is 45.4 Å². The van der Waals surface area contributed by atoms with E-state index in [0.717, 1.165) is 12.8 Å². The third-order valence-electron chi connectivity index (χ3n) is 5.88. The number of carbonyl (C=O) groups is 1. The van der Waals surface area contributed by atoms with E-state index >= 15 is 0 Å². The van der Waals surface area contributed by atoms with E-state index in [9.17, 15) is 4.79 Å². The van der Waals surface area contributed by atoms with Crippen molar-refractivity contribution in [3.05, 3.63) is 0 Å². The van der Waals surface area contributed by atoms with Crippen molar-refractivity contribution in [2.24, 2.45) is 0 Å². The van der Waals surface area contributed by atoms with Gasteiger partial charge in [-0.15, -0.1) is 6.42 Å². The lowest BCUT2D eigenvalue weighted by Crippen LogP contribution is -2.15. The Morgan fingerprint density at radius 2 is 0.696 bits per heavy atom. The number of hydrogen-bond donors (Lipinski definition) is 0. The summed E-state index contributed by atoms with van der Waals surface area (Å²) >= 11 is 0. The summed E-state index contributed by atoms with van der Waals surface area (Å²) in [5, 5.41) is 0. The van der Waals surface area contributed by atoms with Crippen molar-refractivity contribution in [3.8, 4) is 12.3 Å². The number of esters is 1. The van der Waals surface area contributed by atoms with Crippen LogP contribution in [-0.4, -0.2) is 158 Å². The summed E-state index contributed by atoms with van der Waals surface area (Å²) < 4.78 is 64.6. The molecular formula is C33H62O13. The molecular weight excluding hydrogens is 604 g/mol. The number of carbonyl (C=O) groups excluding carboxylic acids is 1. The van der Waals surface area contributed by atoms with Gasteiger partial charge in [0, 0.05) is 6.42 Å². The second-order valence-electron chi connectivity index (χ2n) is 9.77. The molecule has 46 heavy (non-hydrogen) atoms. The Morgan fingerprint density at radius 3 is 1.00 bits per heavy atom. The van der Waals surface area contributed by atoms with Gasteiger partial charge in [0.25, 0.3) is 0 Å². The number of ether oxygens (including phenoxy) is 12.